The predicted molar refractivity (Wildman–Crippen MR) is 71.6 cm³/mol. The lowest BCUT2D eigenvalue weighted by Gasteiger charge is -2.32. The van der Waals surface area contributed by atoms with Crippen LogP contribution in [-0.4, -0.2) is 49.6 Å². The summed E-state index contributed by atoms with van der Waals surface area (Å²) in [6.07, 6.45) is 6.71. The van der Waals surface area contributed by atoms with Crippen LogP contribution in [0.2, 0.25) is 0 Å². The number of rotatable bonds is 3. The summed E-state index contributed by atoms with van der Waals surface area (Å²) in [7, 11) is 1.58. The van der Waals surface area contributed by atoms with E-state index in [9.17, 15) is 9.59 Å². The Morgan fingerprint density at radius 3 is 3.00 bits per heavy atom. The third-order valence-electron chi connectivity index (χ3n) is 3.72. The van der Waals surface area contributed by atoms with Gasteiger partial charge in [0.15, 0.2) is 6.10 Å². The van der Waals surface area contributed by atoms with Gasteiger partial charge in [-0.05, 0) is 25.7 Å². The third-order valence-corrected chi connectivity index (χ3v) is 3.72. The molecule has 1 N–H and O–H groups in total. The first-order chi connectivity index (χ1) is 9.20. The van der Waals surface area contributed by atoms with Crippen LogP contribution < -0.4 is 5.32 Å². The zero-order valence-corrected chi connectivity index (χ0v) is 11.5. The smallest absolute Gasteiger partial charge is 0.250 e. The van der Waals surface area contributed by atoms with Crippen LogP contribution in [0.4, 0.5) is 0 Å². The Morgan fingerprint density at radius 1 is 1.47 bits per heavy atom. The lowest BCUT2D eigenvalue weighted by Crippen LogP contribution is -2.51. The van der Waals surface area contributed by atoms with Crippen molar-refractivity contribution in [3.63, 3.8) is 0 Å². The number of allylic oxidation sites excluding steroid dienone is 1. The number of carbonyl (C=O) groups is 2. The van der Waals surface area contributed by atoms with Gasteiger partial charge in [0.1, 0.15) is 0 Å². The number of nitrogens with one attached hydrogen (secondary N) is 1. The van der Waals surface area contributed by atoms with Crippen molar-refractivity contribution in [1.82, 2.24) is 10.2 Å². The lowest BCUT2D eigenvalue weighted by atomic mass is 9.97. The van der Waals surface area contributed by atoms with Gasteiger partial charge >= 0.3 is 0 Å². The van der Waals surface area contributed by atoms with E-state index in [0.29, 0.717) is 26.1 Å². The van der Waals surface area contributed by atoms with Crippen molar-refractivity contribution in [2.45, 2.75) is 38.2 Å². The van der Waals surface area contributed by atoms with Crippen molar-refractivity contribution < 1.29 is 14.3 Å². The normalized spacial score (nSPS) is 23.7. The number of ether oxygens (including phenoxy) is 1. The van der Waals surface area contributed by atoms with E-state index in [0.717, 1.165) is 12.8 Å². The average Bonchev–Trinajstić information content (AvgIpc) is 2.47. The average molecular weight is 266 g/mol. The fourth-order valence-corrected chi connectivity index (χ4v) is 2.57. The van der Waals surface area contributed by atoms with E-state index in [1.54, 1.807) is 11.9 Å². The highest BCUT2D eigenvalue weighted by atomic mass is 16.5. The van der Waals surface area contributed by atoms with Crippen LogP contribution in [-0.2, 0) is 14.3 Å². The third kappa shape index (κ3) is 3.80. The minimum absolute atomic E-state index is 0.116. The molecule has 19 heavy (non-hydrogen) atoms. The molecule has 0 aromatic heterocycles. The molecule has 2 rings (SSSR count). The number of hydrogen-bond donors (Lipinski definition) is 1. The molecule has 1 aliphatic carbocycles. The minimum Gasteiger partial charge on any atom is -0.365 e. The van der Waals surface area contributed by atoms with Crippen molar-refractivity contribution >= 4 is 11.8 Å². The Hall–Kier alpha value is -1.36. The maximum atomic E-state index is 12.2. The fourth-order valence-electron chi connectivity index (χ4n) is 2.57. The van der Waals surface area contributed by atoms with E-state index < -0.39 is 6.10 Å². The highest BCUT2D eigenvalue weighted by molar-refractivity contribution is 5.83. The summed E-state index contributed by atoms with van der Waals surface area (Å²) in [5.41, 5.74) is 1.25. The second-order valence-electron chi connectivity index (χ2n) is 5.10. The molecule has 0 aromatic carbocycles. The number of carbonyl (C=O) groups excluding carboxylic acids is 2. The molecule has 106 valence electrons. The molecule has 1 saturated heterocycles. The SMILES string of the molecule is CNC(=O)[C@@H]1CN(C(=O)CC2=CCCCC2)CCO1. The quantitative estimate of drug-likeness (QED) is 0.770. The van der Waals surface area contributed by atoms with Gasteiger partial charge in [0.05, 0.1) is 13.2 Å². The second kappa shape index (κ2) is 6.70. The highest BCUT2D eigenvalue weighted by Crippen LogP contribution is 2.21. The van der Waals surface area contributed by atoms with Crippen molar-refractivity contribution in [3.8, 4) is 0 Å². The van der Waals surface area contributed by atoms with E-state index in [2.05, 4.69) is 11.4 Å². The van der Waals surface area contributed by atoms with Gasteiger partial charge < -0.3 is 15.0 Å². The molecular weight excluding hydrogens is 244 g/mol. The van der Waals surface area contributed by atoms with Gasteiger partial charge in [-0.25, -0.2) is 0 Å². The Bertz CT molecular complexity index is 379. The van der Waals surface area contributed by atoms with Gasteiger partial charge in [0, 0.05) is 20.0 Å². The monoisotopic (exact) mass is 266 g/mol. The molecule has 0 unspecified atom stereocenters. The van der Waals surface area contributed by atoms with E-state index >= 15 is 0 Å². The molecule has 1 heterocycles. The predicted octanol–water partition coefficient (Wildman–Crippen LogP) is 0.850. The number of amides is 2. The maximum absolute atomic E-state index is 12.2. The molecule has 1 atom stereocenters. The summed E-state index contributed by atoms with van der Waals surface area (Å²) in [4.78, 5) is 25.5. The molecule has 2 amide bonds. The molecule has 2 aliphatic rings. The van der Waals surface area contributed by atoms with Crippen molar-refractivity contribution in [2.24, 2.45) is 0 Å². The molecule has 0 aromatic rings. The maximum Gasteiger partial charge on any atom is 0.250 e. The minimum atomic E-state index is -0.525. The highest BCUT2D eigenvalue weighted by Gasteiger charge is 2.28. The standard InChI is InChI=1S/C14H22N2O3/c1-15-14(18)12-10-16(7-8-19-12)13(17)9-11-5-3-2-4-6-11/h5,12H,2-4,6-10H2,1H3,(H,15,18)/t12-/m0/s1. The van der Waals surface area contributed by atoms with Crippen LogP contribution in [0, 0.1) is 0 Å². The van der Waals surface area contributed by atoms with E-state index in [1.165, 1.54) is 18.4 Å². The van der Waals surface area contributed by atoms with Crippen LogP contribution >= 0.6 is 0 Å². The first kappa shape index (κ1) is 14.1. The number of hydrogen-bond acceptors (Lipinski definition) is 3. The molecular formula is C14H22N2O3. The number of likely N-dealkylation sites (N-methyl/N-ethyl adjacent to an activating group) is 1. The van der Waals surface area contributed by atoms with Gasteiger partial charge in [-0.2, -0.15) is 0 Å². The second-order valence-corrected chi connectivity index (χ2v) is 5.10. The lowest BCUT2D eigenvalue weighted by molar-refractivity contribution is -0.146. The summed E-state index contributed by atoms with van der Waals surface area (Å²) in [6, 6.07) is 0. The zero-order chi connectivity index (χ0) is 13.7. The Kier molecular flexibility index (Phi) is 4.96. The van der Waals surface area contributed by atoms with Crippen LogP contribution in [0.25, 0.3) is 0 Å². The van der Waals surface area contributed by atoms with Crippen molar-refractivity contribution in [3.05, 3.63) is 11.6 Å². The molecule has 5 heteroatoms. The summed E-state index contributed by atoms with van der Waals surface area (Å²) >= 11 is 0. The van der Waals surface area contributed by atoms with Gasteiger partial charge in [-0.3, -0.25) is 9.59 Å². The van der Waals surface area contributed by atoms with Crippen molar-refractivity contribution in [1.29, 1.82) is 0 Å². The summed E-state index contributed by atoms with van der Waals surface area (Å²) in [5, 5.41) is 2.56. The first-order valence-corrected chi connectivity index (χ1v) is 6.99. The summed E-state index contributed by atoms with van der Waals surface area (Å²) in [6.45, 7) is 1.38. The fraction of sp³-hybridized carbons (Fsp3) is 0.714. The van der Waals surface area contributed by atoms with Gasteiger partial charge in [0.2, 0.25) is 5.91 Å². The number of nitrogens with zero attached hydrogens (tertiary/aromatic N) is 1. The molecule has 0 radical (unpaired) electrons. The topological polar surface area (TPSA) is 58.6 Å². The molecule has 0 spiro atoms. The Morgan fingerprint density at radius 2 is 2.32 bits per heavy atom. The number of morpholine rings is 1. The largest absolute Gasteiger partial charge is 0.365 e. The van der Waals surface area contributed by atoms with Crippen LogP contribution in [0.15, 0.2) is 11.6 Å². The Balaban J connectivity index is 1.88. The molecule has 5 nitrogen and oxygen atoms in total. The summed E-state index contributed by atoms with van der Waals surface area (Å²) in [5.74, 6) is -0.0419. The van der Waals surface area contributed by atoms with Crippen LogP contribution in [0.5, 0.6) is 0 Å². The zero-order valence-electron chi connectivity index (χ0n) is 11.5. The van der Waals surface area contributed by atoms with Crippen LogP contribution in [0.3, 0.4) is 0 Å². The van der Waals surface area contributed by atoms with E-state index in [1.807, 2.05) is 0 Å². The van der Waals surface area contributed by atoms with Gasteiger partial charge in [0.25, 0.3) is 5.91 Å². The first-order valence-electron chi connectivity index (χ1n) is 6.99. The Labute approximate surface area is 114 Å². The van der Waals surface area contributed by atoms with E-state index in [-0.39, 0.29) is 11.8 Å². The van der Waals surface area contributed by atoms with Gasteiger partial charge in [-0.15, -0.1) is 0 Å². The summed E-state index contributed by atoms with van der Waals surface area (Å²) < 4.78 is 5.38. The van der Waals surface area contributed by atoms with Crippen molar-refractivity contribution in [2.75, 3.05) is 26.7 Å². The van der Waals surface area contributed by atoms with Crippen LogP contribution in [0.1, 0.15) is 32.1 Å². The molecule has 1 fully saturated rings. The molecule has 0 bridgehead atoms. The van der Waals surface area contributed by atoms with E-state index in [4.69, 9.17) is 4.74 Å². The molecule has 1 aliphatic heterocycles. The molecule has 0 saturated carbocycles. The van der Waals surface area contributed by atoms with Gasteiger partial charge in [-0.1, -0.05) is 11.6 Å².